The zero-order valence-electron chi connectivity index (χ0n) is 16.4. The fourth-order valence-corrected chi connectivity index (χ4v) is 4.81. The van der Waals surface area contributed by atoms with Crippen LogP contribution in [0.4, 0.5) is 5.69 Å². The second kappa shape index (κ2) is 9.60. The Morgan fingerprint density at radius 3 is 2.60 bits per heavy atom. The molecule has 6 nitrogen and oxygen atoms in total. The minimum atomic E-state index is -3.62. The molecule has 0 atom stereocenters. The van der Waals surface area contributed by atoms with Crippen LogP contribution in [0.5, 0.6) is 5.75 Å². The number of hydrogen-bond acceptors (Lipinski definition) is 5. The van der Waals surface area contributed by atoms with Crippen LogP contribution in [-0.2, 0) is 16.6 Å². The fourth-order valence-electron chi connectivity index (χ4n) is 2.76. The van der Waals surface area contributed by atoms with E-state index in [-0.39, 0.29) is 10.1 Å². The van der Waals surface area contributed by atoms with Gasteiger partial charge in [0, 0.05) is 24.8 Å². The van der Waals surface area contributed by atoms with Crippen molar-refractivity contribution in [3.8, 4) is 5.75 Å². The Kier molecular flexibility index (Phi) is 6.91. The molecule has 0 spiro atoms. The van der Waals surface area contributed by atoms with Crippen molar-refractivity contribution in [2.75, 3.05) is 18.4 Å². The highest BCUT2D eigenvalue weighted by Crippen LogP contribution is 2.21. The zero-order chi connectivity index (χ0) is 21.6. The third-order valence-corrected chi connectivity index (χ3v) is 6.96. The van der Waals surface area contributed by atoms with E-state index in [0.29, 0.717) is 24.4 Å². The topological polar surface area (TPSA) is 75.7 Å². The van der Waals surface area contributed by atoms with Crippen LogP contribution in [0.25, 0.3) is 0 Å². The molecule has 1 aromatic heterocycles. The van der Waals surface area contributed by atoms with Gasteiger partial charge in [-0.15, -0.1) is 11.3 Å². The van der Waals surface area contributed by atoms with Crippen LogP contribution < -0.4 is 9.46 Å². The first-order valence-electron chi connectivity index (χ1n) is 9.13. The number of nitrogens with one attached hydrogen (secondary N) is 1. The number of sulfonamides is 1. The molecule has 8 heteroatoms. The van der Waals surface area contributed by atoms with Gasteiger partial charge in [-0.25, -0.2) is 8.42 Å². The highest BCUT2D eigenvalue weighted by Gasteiger charge is 2.16. The number of rotatable bonds is 9. The standard InChI is InChI=1S/C22H22N2O4S2/c1-3-13-28-20-7-4-6-17(15-20)16-24(2)22(25)18-9-11-19(12-10-18)23-30(26,27)21-8-5-14-29-21/h3-12,14-15,23H,1,13,16H2,2H3. The van der Waals surface area contributed by atoms with Crippen LogP contribution in [0.1, 0.15) is 15.9 Å². The van der Waals surface area contributed by atoms with E-state index in [1.807, 2.05) is 24.3 Å². The van der Waals surface area contributed by atoms with Crippen molar-refractivity contribution in [1.29, 1.82) is 0 Å². The molecule has 156 valence electrons. The van der Waals surface area contributed by atoms with Gasteiger partial charge in [0.05, 0.1) is 0 Å². The van der Waals surface area contributed by atoms with Gasteiger partial charge in [-0.1, -0.05) is 30.9 Å². The predicted molar refractivity (Wildman–Crippen MR) is 120 cm³/mol. The van der Waals surface area contributed by atoms with Crippen molar-refractivity contribution < 1.29 is 17.9 Å². The van der Waals surface area contributed by atoms with Gasteiger partial charge < -0.3 is 9.64 Å². The average Bonchev–Trinajstić information content (AvgIpc) is 3.28. The van der Waals surface area contributed by atoms with Crippen molar-refractivity contribution in [2.24, 2.45) is 0 Å². The minimum absolute atomic E-state index is 0.167. The number of anilines is 1. The van der Waals surface area contributed by atoms with E-state index in [4.69, 9.17) is 4.74 Å². The summed E-state index contributed by atoms with van der Waals surface area (Å²) < 4.78 is 32.9. The lowest BCUT2D eigenvalue weighted by Crippen LogP contribution is -2.26. The molecule has 0 aliphatic heterocycles. The van der Waals surface area contributed by atoms with Crippen molar-refractivity contribution in [3.05, 3.63) is 89.8 Å². The first kappa shape index (κ1) is 21.6. The number of amides is 1. The number of carbonyl (C=O) groups excluding carboxylic acids is 1. The Labute approximate surface area is 180 Å². The van der Waals surface area contributed by atoms with Crippen LogP contribution in [0.2, 0.25) is 0 Å². The Morgan fingerprint density at radius 1 is 1.17 bits per heavy atom. The molecule has 1 amide bonds. The minimum Gasteiger partial charge on any atom is -0.490 e. The first-order chi connectivity index (χ1) is 14.4. The summed E-state index contributed by atoms with van der Waals surface area (Å²) in [6, 6.07) is 17.1. The Morgan fingerprint density at radius 2 is 1.93 bits per heavy atom. The van der Waals surface area contributed by atoms with Gasteiger partial charge >= 0.3 is 0 Å². The van der Waals surface area contributed by atoms with Crippen LogP contribution in [0, 0.1) is 0 Å². The Hall–Kier alpha value is -3.10. The molecule has 3 aromatic rings. The van der Waals surface area contributed by atoms with Gasteiger partial charge in [0.25, 0.3) is 15.9 Å². The van der Waals surface area contributed by atoms with E-state index in [1.165, 1.54) is 6.07 Å². The lowest BCUT2D eigenvalue weighted by atomic mass is 10.1. The van der Waals surface area contributed by atoms with Gasteiger partial charge in [0.15, 0.2) is 0 Å². The van der Waals surface area contributed by atoms with Crippen molar-refractivity contribution in [2.45, 2.75) is 10.8 Å². The fraction of sp³-hybridized carbons (Fsp3) is 0.136. The van der Waals surface area contributed by atoms with Gasteiger partial charge in [-0.3, -0.25) is 9.52 Å². The van der Waals surface area contributed by atoms with Gasteiger partial charge in [-0.05, 0) is 53.4 Å². The summed E-state index contributed by atoms with van der Waals surface area (Å²) in [5, 5.41) is 1.70. The molecule has 1 N–H and O–H groups in total. The third-order valence-electron chi connectivity index (χ3n) is 4.18. The summed E-state index contributed by atoms with van der Waals surface area (Å²) in [5.41, 5.74) is 1.80. The number of benzene rings is 2. The van der Waals surface area contributed by atoms with Gasteiger partial charge in [-0.2, -0.15) is 0 Å². The molecule has 2 aromatic carbocycles. The predicted octanol–water partition coefficient (Wildman–Crippen LogP) is 4.39. The summed E-state index contributed by atoms with van der Waals surface area (Å²) >= 11 is 1.14. The van der Waals surface area contributed by atoms with Gasteiger partial charge in [0.1, 0.15) is 16.6 Å². The van der Waals surface area contributed by atoms with Crippen LogP contribution in [-0.4, -0.2) is 32.9 Å². The number of hydrogen-bond donors (Lipinski definition) is 1. The maximum Gasteiger partial charge on any atom is 0.271 e. The second-order valence-corrected chi connectivity index (χ2v) is 9.38. The zero-order valence-corrected chi connectivity index (χ0v) is 18.1. The maximum atomic E-state index is 12.7. The molecule has 1 heterocycles. The normalized spacial score (nSPS) is 11.0. The third kappa shape index (κ3) is 5.49. The van der Waals surface area contributed by atoms with E-state index in [0.717, 1.165) is 22.6 Å². The van der Waals surface area contributed by atoms with Crippen molar-refractivity contribution in [3.63, 3.8) is 0 Å². The lowest BCUT2D eigenvalue weighted by Gasteiger charge is -2.18. The summed E-state index contributed by atoms with van der Waals surface area (Å²) in [4.78, 5) is 14.3. The molecule has 0 saturated carbocycles. The van der Waals surface area contributed by atoms with E-state index >= 15 is 0 Å². The van der Waals surface area contributed by atoms with Crippen LogP contribution in [0.3, 0.4) is 0 Å². The Balaban J connectivity index is 1.64. The second-order valence-electron chi connectivity index (χ2n) is 6.52. The SMILES string of the molecule is C=CCOc1cccc(CN(C)C(=O)c2ccc(NS(=O)(=O)c3cccs3)cc2)c1. The van der Waals surface area contributed by atoms with Crippen LogP contribution >= 0.6 is 11.3 Å². The highest BCUT2D eigenvalue weighted by atomic mass is 32.2. The molecule has 0 unspecified atom stereocenters. The first-order valence-corrected chi connectivity index (χ1v) is 11.5. The largest absolute Gasteiger partial charge is 0.490 e. The van der Waals surface area contributed by atoms with E-state index in [1.54, 1.807) is 53.7 Å². The molecule has 0 bridgehead atoms. The number of carbonyl (C=O) groups is 1. The molecule has 3 rings (SSSR count). The summed E-state index contributed by atoms with van der Waals surface area (Å²) in [6.45, 7) is 4.46. The monoisotopic (exact) mass is 442 g/mol. The lowest BCUT2D eigenvalue weighted by molar-refractivity contribution is 0.0785. The average molecular weight is 443 g/mol. The molecular weight excluding hydrogens is 420 g/mol. The smallest absolute Gasteiger partial charge is 0.271 e. The summed E-state index contributed by atoms with van der Waals surface area (Å²) in [6.07, 6.45) is 1.67. The van der Waals surface area contributed by atoms with E-state index < -0.39 is 10.0 Å². The molecule has 0 aliphatic carbocycles. The van der Waals surface area contributed by atoms with E-state index in [2.05, 4.69) is 11.3 Å². The number of ether oxygens (including phenoxy) is 1. The quantitative estimate of drug-likeness (QED) is 0.499. The Bertz CT molecular complexity index is 1110. The summed E-state index contributed by atoms with van der Waals surface area (Å²) in [7, 11) is -1.90. The van der Waals surface area contributed by atoms with E-state index in [9.17, 15) is 13.2 Å². The maximum absolute atomic E-state index is 12.7. The highest BCUT2D eigenvalue weighted by molar-refractivity contribution is 7.94. The molecule has 0 aliphatic rings. The molecule has 30 heavy (non-hydrogen) atoms. The molecule has 0 saturated heterocycles. The number of nitrogens with zero attached hydrogens (tertiary/aromatic N) is 1. The van der Waals surface area contributed by atoms with Crippen molar-refractivity contribution >= 4 is 33.0 Å². The van der Waals surface area contributed by atoms with Crippen LogP contribution in [0.15, 0.2) is 82.9 Å². The number of thiophene rings is 1. The molecular formula is C22H22N2O4S2. The molecule has 0 fully saturated rings. The van der Waals surface area contributed by atoms with Gasteiger partial charge in [0.2, 0.25) is 0 Å². The summed E-state index contributed by atoms with van der Waals surface area (Å²) in [5.74, 6) is 0.552. The van der Waals surface area contributed by atoms with Crippen molar-refractivity contribution in [1.82, 2.24) is 4.90 Å². The molecule has 0 radical (unpaired) electrons.